The minimum Gasteiger partial charge on any atom is -0.497 e. The molecule has 1 saturated heterocycles. The highest BCUT2D eigenvalue weighted by atomic mass is 16.5. The van der Waals surface area contributed by atoms with Crippen LogP contribution in [0.4, 0.5) is 17.2 Å². The second-order valence-corrected chi connectivity index (χ2v) is 10.5. The molecule has 4 aromatic rings. The summed E-state index contributed by atoms with van der Waals surface area (Å²) in [5, 5.41) is 3.53. The van der Waals surface area contributed by atoms with Gasteiger partial charge in [0.15, 0.2) is 0 Å². The number of piperazine rings is 1. The van der Waals surface area contributed by atoms with Gasteiger partial charge in [0, 0.05) is 86.6 Å². The average Bonchev–Trinajstić information content (AvgIpc) is 2.99. The molecule has 0 radical (unpaired) electrons. The summed E-state index contributed by atoms with van der Waals surface area (Å²) in [6, 6.07) is 16.7. The van der Waals surface area contributed by atoms with Gasteiger partial charge >= 0.3 is 0 Å². The van der Waals surface area contributed by atoms with E-state index in [4.69, 9.17) is 24.4 Å². The Kier molecular flexibility index (Phi) is 8.62. The fourth-order valence-electron chi connectivity index (χ4n) is 4.89. The molecule has 0 atom stereocenters. The minimum atomic E-state index is 0.392. The highest BCUT2D eigenvalue weighted by Crippen LogP contribution is 2.34. The lowest BCUT2D eigenvalue weighted by atomic mass is 10.1. The van der Waals surface area contributed by atoms with Gasteiger partial charge in [-0.2, -0.15) is 0 Å². The van der Waals surface area contributed by atoms with E-state index >= 15 is 0 Å². The van der Waals surface area contributed by atoms with Crippen molar-refractivity contribution in [1.29, 1.82) is 0 Å². The van der Waals surface area contributed by atoms with Crippen LogP contribution in [-0.4, -0.2) is 86.4 Å². The summed E-state index contributed by atoms with van der Waals surface area (Å²) >= 11 is 0. The van der Waals surface area contributed by atoms with Crippen LogP contribution in [0.2, 0.25) is 0 Å². The molecule has 0 amide bonds. The summed E-state index contributed by atoms with van der Waals surface area (Å²) in [6.07, 6.45) is 3.73. The molecule has 1 aliphatic heterocycles. The number of hydrogen-bond acceptors (Lipinski definition) is 9. The van der Waals surface area contributed by atoms with Crippen LogP contribution < -0.4 is 24.6 Å². The quantitative estimate of drug-likeness (QED) is 0.310. The number of nitrogens with zero attached hydrogens (tertiary/aromatic N) is 6. The first-order valence-corrected chi connectivity index (χ1v) is 13.8. The van der Waals surface area contributed by atoms with Crippen molar-refractivity contribution in [3.05, 3.63) is 60.9 Å². The van der Waals surface area contributed by atoms with Gasteiger partial charge in [0.05, 0.1) is 37.1 Å². The highest BCUT2D eigenvalue weighted by Gasteiger charge is 2.17. The number of benzene rings is 2. The molecular weight excluding hydrogens is 502 g/mol. The Morgan fingerprint density at radius 1 is 0.850 bits per heavy atom. The molecule has 2 aromatic heterocycles. The molecule has 40 heavy (non-hydrogen) atoms. The lowest BCUT2D eigenvalue weighted by Crippen LogP contribution is -2.44. The number of methoxy groups -OCH3 is 2. The van der Waals surface area contributed by atoms with E-state index in [1.807, 2.05) is 36.7 Å². The number of nitrogens with one attached hydrogen (secondary N) is 1. The van der Waals surface area contributed by atoms with E-state index in [-0.39, 0.29) is 0 Å². The maximum atomic E-state index is 5.56. The van der Waals surface area contributed by atoms with E-state index in [1.54, 1.807) is 14.2 Å². The molecule has 1 fully saturated rings. The molecule has 210 valence electrons. The molecule has 0 spiro atoms. The zero-order valence-corrected chi connectivity index (χ0v) is 24.1. The van der Waals surface area contributed by atoms with Crippen molar-refractivity contribution in [3.63, 3.8) is 0 Å². The monoisotopic (exact) mass is 541 g/mol. The predicted molar refractivity (Wildman–Crippen MR) is 162 cm³/mol. The highest BCUT2D eigenvalue weighted by molar-refractivity contribution is 5.83. The van der Waals surface area contributed by atoms with Crippen LogP contribution in [0.5, 0.6) is 11.5 Å². The van der Waals surface area contributed by atoms with Gasteiger partial charge < -0.3 is 29.5 Å². The van der Waals surface area contributed by atoms with Gasteiger partial charge in [-0.15, -0.1) is 0 Å². The summed E-state index contributed by atoms with van der Waals surface area (Å²) in [5.41, 5.74) is 5.43. The largest absolute Gasteiger partial charge is 0.497 e. The van der Waals surface area contributed by atoms with E-state index < -0.39 is 0 Å². The lowest BCUT2D eigenvalue weighted by molar-refractivity contribution is 0.312. The first kappa shape index (κ1) is 27.6. The molecule has 1 N–H and O–H groups in total. The lowest BCUT2D eigenvalue weighted by Gasteiger charge is -2.33. The SMILES string of the molecule is COc1cc(OC)cc(N(CCNC(C)C)c2ccc3ncc(-c4ccc(N5CCN(C)CC5)nc4)nc3c2)c1. The standard InChI is InChI=1S/C31H39N7O2/c1-22(2)32-10-11-38(25-16-26(39-4)19-27(17-25)40-5)24-7-8-28-29(18-24)35-30(21-33-28)23-6-9-31(34-20-23)37-14-12-36(3)13-15-37/h6-9,16-22,32H,10-15H2,1-5H3. The summed E-state index contributed by atoms with van der Waals surface area (Å²) in [4.78, 5) is 21.4. The van der Waals surface area contributed by atoms with Crippen molar-refractivity contribution in [3.8, 4) is 22.8 Å². The Balaban J connectivity index is 1.45. The van der Waals surface area contributed by atoms with Gasteiger partial charge in [0.1, 0.15) is 17.3 Å². The van der Waals surface area contributed by atoms with Gasteiger partial charge in [-0.25, -0.2) is 9.97 Å². The van der Waals surface area contributed by atoms with Crippen molar-refractivity contribution in [2.45, 2.75) is 19.9 Å². The number of fused-ring (bicyclic) bond motifs is 1. The maximum Gasteiger partial charge on any atom is 0.128 e. The molecule has 0 saturated carbocycles. The molecule has 0 aliphatic carbocycles. The normalized spacial score (nSPS) is 14.1. The van der Waals surface area contributed by atoms with Gasteiger partial charge in [-0.05, 0) is 37.4 Å². The molecule has 5 rings (SSSR count). The third kappa shape index (κ3) is 6.43. The van der Waals surface area contributed by atoms with Crippen LogP contribution in [0.1, 0.15) is 13.8 Å². The van der Waals surface area contributed by atoms with Gasteiger partial charge in [-0.3, -0.25) is 4.98 Å². The van der Waals surface area contributed by atoms with Crippen molar-refractivity contribution >= 4 is 28.2 Å². The first-order chi connectivity index (χ1) is 19.4. The van der Waals surface area contributed by atoms with Gasteiger partial charge in [0.25, 0.3) is 0 Å². The fourth-order valence-corrected chi connectivity index (χ4v) is 4.89. The number of aromatic nitrogens is 3. The number of pyridine rings is 1. The topological polar surface area (TPSA) is 78.9 Å². The second-order valence-electron chi connectivity index (χ2n) is 10.5. The number of hydrogen-bond donors (Lipinski definition) is 1. The summed E-state index contributed by atoms with van der Waals surface area (Å²) in [6.45, 7) is 9.95. The minimum absolute atomic E-state index is 0.392. The van der Waals surface area contributed by atoms with Crippen LogP contribution in [0.15, 0.2) is 60.9 Å². The zero-order valence-electron chi connectivity index (χ0n) is 24.1. The van der Waals surface area contributed by atoms with Crippen molar-refractivity contribution < 1.29 is 9.47 Å². The predicted octanol–water partition coefficient (Wildman–Crippen LogP) is 4.60. The van der Waals surface area contributed by atoms with E-state index in [1.165, 1.54) is 0 Å². The molecular formula is C31H39N7O2. The molecule has 0 unspecified atom stereocenters. The number of likely N-dealkylation sites (N-methyl/N-ethyl adjacent to an activating group) is 1. The third-order valence-corrected chi connectivity index (χ3v) is 7.24. The van der Waals surface area contributed by atoms with Gasteiger partial charge in [-0.1, -0.05) is 13.8 Å². The van der Waals surface area contributed by atoms with Crippen molar-refractivity contribution in [2.24, 2.45) is 0 Å². The summed E-state index contributed by atoms with van der Waals surface area (Å²) in [5.74, 6) is 2.49. The van der Waals surface area contributed by atoms with Crippen LogP contribution in [0.3, 0.4) is 0 Å². The Bertz CT molecular complexity index is 1400. The maximum absolute atomic E-state index is 5.56. The second kappa shape index (κ2) is 12.5. The molecule has 9 nitrogen and oxygen atoms in total. The summed E-state index contributed by atoms with van der Waals surface area (Å²) in [7, 11) is 5.50. The van der Waals surface area contributed by atoms with Crippen LogP contribution in [-0.2, 0) is 0 Å². The number of rotatable bonds is 10. The third-order valence-electron chi connectivity index (χ3n) is 7.24. The molecule has 0 bridgehead atoms. The summed E-state index contributed by atoms with van der Waals surface area (Å²) < 4.78 is 11.1. The van der Waals surface area contributed by atoms with E-state index in [0.29, 0.717) is 6.04 Å². The smallest absolute Gasteiger partial charge is 0.128 e. The Morgan fingerprint density at radius 2 is 1.60 bits per heavy atom. The number of ether oxygens (including phenoxy) is 2. The van der Waals surface area contributed by atoms with Crippen molar-refractivity contribution in [1.82, 2.24) is 25.2 Å². The zero-order chi connectivity index (χ0) is 28.1. The van der Waals surface area contributed by atoms with E-state index in [2.05, 4.69) is 65.2 Å². The number of anilines is 3. The Labute approximate surface area is 236 Å². The Morgan fingerprint density at radius 3 is 2.25 bits per heavy atom. The van der Waals surface area contributed by atoms with Gasteiger partial charge in [0.2, 0.25) is 0 Å². The molecule has 3 heterocycles. The van der Waals surface area contributed by atoms with Crippen LogP contribution in [0, 0.1) is 0 Å². The Hall–Kier alpha value is -3.95. The van der Waals surface area contributed by atoms with Crippen LogP contribution in [0.25, 0.3) is 22.3 Å². The van der Waals surface area contributed by atoms with E-state index in [9.17, 15) is 0 Å². The molecule has 9 heteroatoms. The molecule has 2 aromatic carbocycles. The van der Waals surface area contributed by atoms with Crippen molar-refractivity contribution in [2.75, 3.05) is 70.3 Å². The first-order valence-electron chi connectivity index (χ1n) is 13.8. The fraction of sp³-hybridized carbons (Fsp3) is 0.387. The molecule has 1 aliphatic rings. The van der Waals surface area contributed by atoms with E-state index in [0.717, 1.165) is 90.3 Å². The van der Waals surface area contributed by atoms with Crippen LogP contribution >= 0.6 is 0 Å². The average molecular weight is 542 g/mol.